The fourth-order valence-electron chi connectivity index (χ4n) is 2.48. The molecule has 2 heteroatoms. The summed E-state index contributed by atoms with van der Waals surface area (Å²) in [6, 6.07) is 14.3. The minimum atomic E-state index is -0.0858. The van der Waals surface area contributed by atoms with Crippen molar-refractivity contribution in [2.75, 3.05) is 0 Å². The fourth-order valence-corrected chi connectivity index (χ4v) is 2.48. The summed E-state index contributed by atoms with van der Waals surface area (Å²) in [5, 5.41) is 0. The maximum atomic E-state index is 6.40. The van der Waals surface area contributed by atoms with E-state index in [-0.39, 0.29) is 6.04 Å². The molecule has 0 bridgehead atoms. The molecule has 3 atom stereocenters. The van der Waals surface area contributed by atoms with E-state index in [4.69, 9.17) is 10.2 Å². The molecule has 0 saturated heterocycles. The van der Waals surface area contributed by atoms with E-state index in [0.717, 1.165) is 12.2 Å². The molecule has 2 N–H and O–H groups in total. The molecule has 18 heavy (non-hydrogen) atoms. The van der Waals surface area contributed by atoms with Crippen molar-refractivity contribution in [3.05, 3.63) is 60.1 Å². The Balaban J connectivity index is 2.31. The van der Waals surface area contributed by atoms with Crippen molar-refractivity contribution in [2.24, 2.45) is 11.7 Å². The van der Waals surface area contributed by atoms with Crippen molar-refractivity contribution in [3.63, 3.8) is 0 Å². The van der Waals surface area contributed by atoms with Gasteiger partial charge in [0, 0.05) is 5.92 Å². The lowest BCUT2D eigenvalue weighted by molar-refractivity contribution is 0.344. The molecule has 0 aliphatic rings. The van der Waals surface area contributed by atoms with Gasteiger partial charge in [-0.25, -0.2) is 0 Å². The Kier molecular flexibility index (Phi) is 4.21. The summed E-state index contributed by atoms with van der Waals surface area (Å²) < 4.78 is 5.47. The Morgan fingerprint density at radius 1 is 1.11 bits per heavy atom. The van der Waals surface area contributed by atoms with Crippen molar-refractivity contribution in [1.82, 2.24) is 0 Å². The molecule has 0 radical (unpaired) electrons. The van der Waals surface area contributed by atoms with E-state index in [1.807, 2.05) is 18.2 Å². The first kappa shape index (κ1) is 12.9. The average Bonchev–Trinajstić information content (AvgIpc) is 2.94. The quantitative estimate of drug-likeness (QED) is 0.858. The Hall–Kier alpha value is -1.54. The van der Waals surface area contributed by atoms with Crippen LogP contribution >= 0.6 is 0 Å². The van der Waals surface area contributed by atoms with E-state index >= 15 is 0 Å². The predicted octanol–water partition coefficient (Wildman–Crippen LogP) is 4.11. The SMILES string of the molecule is CCC(C)C(c1ccccc1)C(N)c1ccco1. The van der Waals surface area contributed by atoms with E-state index in [2.05, 4.69) is 38.1 Å². The number of hydrogen-bond donors (Lipinski definition) is 1. The Morgan fingerprint density at radius 2 is 1.83 bits per heavy atom. The van der Waals surface area contributed by atoms with Crippen LogP contribution in [0.4, 0.5) is 0 Å². The van der Waals surface area contributed by atoms with Gasteiger partial charge >= 0.3 is 0 Å². The van der Waals surface area contributed by atoms with Crippen LogP contribution in [0.5, 0.6) is 0 Å². The summed E-state index contributed by atoms with van der Waals surface area (Å²) in [6.45, 7) is 4.45. The molecule has 1 heterocycles. The molecule has 0 aliphatic carbocycles. The Morgan fingerprint density at radius 3 is 2.39 bits per heavy atom. The van der Waals surface area contributed by atoms with Crippen LogP contribution in [0, 0.1) is 5.92 Å². The lowest BCUT2D eigenvalue weighted by Crippen LogP contribution is -2.24. The van der Waals surface area contributed by atoms with Gasteiger partial charge in [-0.2, -0.15) is 0 Å². The monoisotopic (exact) mass is 243 g/mol. The first-order valence-electron chi connectivity index (χ1n) is 6.58. The van der Waals surface area contributed by atoms with Crippen LogP contribution in [0.15, 0.2) is 53.1 Å². The second-order valence-electron chi connectivity index (χ2n) is 4.86. The number of rotatable bonds is 5. The average molecular weight is 243 g/mol. The predicted molar refractivity (Wildman–Crippen MR) is 74.3 cm³/mol. The van der Waals surface area contributed by atoms with Gasteiger partial charge in [0.25, 0.3) is 0 Å². The van der Waals surface area contributed by atoms with Crippen LogP contribution in [-0.4, -0.2) is 0 Å². The van der Waals surface area contributed by atoms with E-state index in [0.29, 0.717) is 11.8 Å². The molecule has 1 aromatic heterocycles. The Labute approximate surface area is 109 Å². The highest BCUT2D eigenvalue weighted by molar-refractivity contribution is 5.24. The van der Waals surface area contributed by atoms with Gasteiger partial charge in [0.15, 0.2) is 0 Å². The molecule has 0 fully saturated rings. The molecule has 3 unspecified atom stereocenters. The molecular weight excluding hydrogens is 222 g/mol. The van der Waals surface area contributed by atoms with E-state index in [1.165, 1.54) is 5.56 Å². The van der Waals surface area contributed by atoms with Crippen molar-refractivity contribution < 1.29 is 4.42 Å². The summed E-state index contributed by atoms with van der Waals surface area (Å²) in [4.78, 5) is 0. The molecule has 2 nitrogen and oxygen atoms in total. The van der Waals surface area contributed by atoms with Crippen LogP contribution in [-0.2, 0) is 0 Å². The number of benzene rings is 1. The third-order valence-electron chi connectivity index (χ3n) is 3.70. The van der Waals surface area contributed by atoms with Crippen molar-refractivity contribution in [1.29, 1.82) is 0 Å². The number of nitrogens with two attached hydrogens (primary N) is 1. The smallest absolute Gasteiger partial charge is 0.121 e. The molecule has 1 aromatic carbocycles. The summed E-state index contributed by atoms with van der Waals surface area (Å²) in [5.41, 5.74) is 7.69. The molecular formula is C16H21NO. The van der Waals surface area contributed by atoms with Gasteiger partial charge in [0.1, 0.15) is 5.76 Å². The zero-order valence-electron chi connectivity index (χ0n) is 11.0. The standard InChI is InChI=1S/C16H21NO/c1-3-12(2)15(13-8-5-4-6-9-13)16(17)14-10-7-11-18-14/h4-12,15-16H,3,17H2,1-2H3. The molecule has 0 amide bonds. The lowest BCUT2D eigenvalue weighted by Gasteiger charge is -2.28. The molecule has 0 spiro atoms. The number of hydrogen-bond acceptors (Lipinski definition) is 2. The second-order valence-corrected chi connectivity index (χ2v) is 4.86. The third-order valence-corrected chi connectivity index (χ3v) is 3.70. The first-order chi connectivity index (χ1) is 8.74. The molecule has 2 aromatic rings. The van der Waals surface area contributed by atoms with E-state index < -0.39 is 0 Å². The summed E-state index contributed by atoms with van der Waals surface area (Å²) in [6.07, 6.45) is 2.79. The number of furan rings is 1. The van der Waals surface area contributed by atoms with Crippen molar-refractivity contribution in [3.8, 4) is 0 Å². The van der Waals surface area contributed by atoms with Gasteiger partial charge in [0.2, 0.25) is 0 Å². The van der Waals surface area contributed by atoms with Crippen LogP contribution in [0.25, 0.3) is 0 Å². The van der Waals surface area contributed by atoms with Gasteiger partial charge < -0.3 is 10.2 Å². The maximum absolute atomic E-state index is 6.40. The van der Waals surface area contributed by atoms with Crippen LogP contribution in [0.3, 0.4) is 0 Å². The van der Waals surface area contributed by atoms with Gasteiger partial charge in [-0.15, -0.1) is 0 Å². The van der Waals surface area contributed by atoms with Gasteiger partial charge in [-0.3, -0.25) is 0 Å². The normalized spacial score (nSPS) is 16.2. The van der Waals surface area contributed by atoms with Gasteiger partial charge in [-0.1, -0.05) is 50.6 Å². The highest BCUT2D eigenvalue weighted by atomic mass is 16.3. The van der Waals surface area contributed by atoms with Gasteiger partial charge in [-0.05, 0) is 23.6 Å². The molecule has 0 saturated carbocycles. The zero-order chi connectivity index (χ0) is 13.0. The van der Waals surface area contributed by atoms with E-state index in [9.17, 15) is 0 Å². The minimum absolute atomic E-state index is 0.0858. The fraction of sp³-hybridized carbons (Fsp3) is 0.375. The first-order valence-corrected chi connectivity index (χ1v) is 6.58. The highest BCUT2D eigenvalue weighted by Crippen LogP contribution is 2.36. The molecule has 0 aliphatic heterocycles. The molecule has 96 valence electrons. The van der Waals surface area contributed by atoms with Crippen LogP contribution in [0.1, 0.15) is 43.6 Å². The van der Waals surface area contributed by atoms with Crippen molar-refractivity contribution in [2.45, 2.75) is 32.2 Å². The highest BCUT2D eigenvalue weighted by Gasteiger charge is 2.27. The molecule has 2 rings (SSSR count). The minimum Gasteiger partial charge on any atom is -0.468 e. The van der Waals surface area contributed by atoms with Crippen molar-refractivity contribution >= 4 is 0 Å². The van der Waals surface area contributed by atoms with E-state index in [1.54, 1.807) is 6.26 Å². The van der Waals surface area contributed by atoms with Crippen LogP contribution in [0.2, 0.25) is 0 Å². The zero-order valence-corrected chi connectivity index (χ0v) is 11.0. The summed E-state index contributed by atoms with van der Waals surface area (Å²) >= 11 is 0. The summed E-state index contributed by atoms with van der Waals surface area (Å²) in [7, 11) is 0. The Bertz CT molecular complexity index is 449. The largest absolute Gasteiger partial charge is 0.468 e. The lowest BCUT2D eigenvalue weighted by atomic mass is 9.79. The van der Waals surface area contributed by atoms with Gasteiger partial charge in [0.05, 0.1) is 12.3 Å². The second kappa shape index (κ2) is 5.87. The van der Waals surface area contributed by atoms with Crippen LogP contribution < -0.4 is 5.73 Å². The maximum Gasteiger partial charge on any atom is 0.121 e. The third kappa shape index (κ3) is 2.65. The summed E-state index contributed by atoms with van der Waals surface area (Å²) in [5.74, 6) is 1.68. The topological polar surface area (TPSA) is 39.2 Å².